The molecule has 122 valence electrons. The van der Waals surface area contributed by atoms with Gasteiger partial charge in [-0.15, -0.1) is 0 Å². The molecule has 1 heterocycles. The van der Waals surface area contributed by atoms with Crippen LogP contribution in [0, 0.1) is 6.92 Å². The molecule has 1 amide bonds. The molecular weight excluding hydrogens is 318 g/mol. The van der Waals surface area contributed by atoms with Crippen molar-refractivity contribution in [2.45, 2.75) is 38.6 Å². The number of benzene rings is 1. The maximum Gasteiger partial charge on any atom is 0.375 e. The average Bonchev–Trinajstić information content (AvgIpc) is 3.14. The van der Waals surface area contributed by atoms with Gasteiger partial charge in [0, 0.05) is 17.0 Å². The molecule has 0 saturated heterocycles. The highest BCUT2D eigenvalue weighted by Gasteiger charge is 2.22. The van der Waals surface area contributed by atoms with E-state index in [1.54, 1.807) is 19.1 Å². The summed E-state index contributed by atoms with van der Waals surface area (Å²) in [5.74, 6) is -0.852. The lowest BCUT2D eigenvalue weighted by atomic mass is 10.1. The molecule has 1 aliphatic rings. The third-order valence-electron chi connectivity index (χ3n) is 4.16. The highest BCUT2D eigenvalue weighted by Crippen LogP contribution is 2.30. The zero-order chi connectivity index (χ0) is 16.4. The van der Waals surface area contributed by atoms with Gasteiger partial charge in [-0.2, -0.15) is 0 Å². The number of amides is 1. The average molecular weight is 336 g/mol. The fraction of sp³-hybridized carbons (Fsp3) is 0.412. The molecule has 0 aliphatic heterocycles. The van der Waals surface area contributed by atoms with Crippen LogP contribution in [0.25, 0.3) is 11.0 Å². The van der Waals surface area contributed by atoms with E-state index in [0.29, 0.717) is 16.2 Å². The van der Waals surface area contributed by atoms with Gasteiger partial charge in [0.05, 0.1) is 5.02 Å². The van der Waals surface area contributed by atoms with Crippen LogP contribution < -0.4 is 5.32 Å². The number of carbonyl (C=O) groups excluding carboxylic acids is 2. The minimum Gasteiger partial charge on any atom is -0.450 e. The van der Waals surface area contributed by atoms with E-state index in [-0.39, 0.29) is 24.3 Å². The summed E-state index contributed by atoms with van der Waals surface area (Å²) in [5, 5.41) is 4.07. The number of esters is 1. The molecule has 1 fully saturated rings. The van der Waals surface area contributed by atoms with Gasteiger partial charge in [0.1, 0.15) is 0 Å². The maximum absolute atomic E-state index is 12.1. The molecule has 1 aliphatic carbocycles. The summed E-state index contributed by atoms with van der Waals surface area (Å²) in [6, 6.07) is 5.51. The molecule has 0 atom stereocenters. The molecule has 2 aromatic rings. The lowest BCUT2D eigenvalue weighted by molar-refractivity contribution is -0.124. The van der Waals surface area contributed by atoms with Crippen LogP contribution in [0.3, 0.4) is 0 Å². The Morgan fingerprint density at radius 3 is 2.78 bits per heavy atom. The first-order valence-electron chi connectivity index (χ1n) is 7.70. The van der Waals surface area contributed by atoms with Gasteiger partial charge in [-0.25, -0.2) is 4.79 Å². The summed E-state index contributed by atoms with van der Waals surface area (Å²) in [7, 11) is 0. The Labute approximate surface area is 138 Å². The second-order valence-corrected chi connectivity index (χ2v) is 6.20. The fourth-order valence-corrected chi connectivity index (χ4v) is 3.15. The van der Waals surface area contributed by atoms with Crippen LogP contribution in [-0.4, -0.2) is 24.5 Å². The molecule has 0 radical (unpaired) electrons. The molecule has 0 bridgehead atoms. The van der Waals surface area contributed by atoms with Crippen molar-refractivity contribution in [2.75, 3.05) is 6.61 Å². The number of rotatable bonds is 4. The van der Waals surface area contributed by atoms with Gasteiger partial charge in [0.15, 0.2) is 12.2 Å². The Morgan fingerprint density at radius 1 is 1.35 bits per heavy atom. The van der Waals surface area contributed by atoms with Crippen LogP contribution in [0.4, 0.5) is 0 Å². The minimum absolute atomic E-state index is 0.0850. The summed E-state index contributed by atoms with van der Waals surface area (Å²) >= 11 is 6.06. The van der Waals surface area contributed by atoms with Gasteiger partial charge in [-0.1, -0.05) is 36.6 Å². The van der Waals surface area contributed by atoms with Crippen molar-refractivity contribution >= 4 is 34.4 Å². The lowest BCUT2D eigenvalue weighted by Crippen LogP contribution is -2.35. The van der Waals surface area contributed by atoms with E-state index < -0.39 is 5.97 Å². The summed E-state index contributed by atoms with van der Waals surface area (Å²) < 4.78 is 10.6. The number of ether oxygens (including phenoxy) is 1. The monoisotopic (exact) mass is 335 g/mol. The van der Waals surface area contributed by atoms with E-state index in [0.717, 1.165) is 31.1 Å². The second-order valence-electron chi connectivity index (χ2n) is 5.80. The van der Waals surface area contributed by atoms with Gasteiger partial charge in [0.2, 0.25) is 5.76 Å². The second kappa shape index (κ2) is 6.62. The first-order chi connectivity index (χ1) is 11.1. The number of nitrogens with one attached hydrogen (secondary N) is 1. The molecule has 1 N–H and O–H groups in total. The summed E-state index contributed by atoms with van der Waals surface area (Å²) in [4.78, 5) is 24.0. The molecule has 3 rings (SSSR count). The van der Waals surface area contributed by atoms with Crippen LogP contribution in [0.15, 0.2) is 22.6 Å². The molecule has 6 heteroatoms. The van der Waals surface area contributed by atoms with Crippen molar-refractivity contribution in [3.8, 4) is 0 Å². The van der Waals surface area contributed by atoms with Crippen LogP contribution in [0.5, 0.6) is 0 Å². The van der Waals surface area contributed by atoms with Crippen molar-refractivity contribution in [1.82, 2.24) is 5.32 Å². The number of hydrogen-bond donors (Lipinski definition) is 1. The number of carbonyl (C=O) groups is 2. The Kier molecular flexibility index (Phi) is 4.57. The lowest BCUT2D eigenvalue weighted by Gasteiger charge is -2.11. The van der Waals surface area contributed by atoms with Gasteiger partial charge < -0.3 is 14.5 Å². The molecule has 0 unspecified atom stereocenters. The SMILES string of the molecule is Cc1c(C(=O)OCC(=O)NC2CCCC2)oc2c(Cl)cccc12. The third-order valence-corrected chi connectivity index (χ3v) is 4.45. The van der Waals surface area contributed by atoms with Gasteiger partial charge in [-0.3, -0.25) is 4.79 Å². The van der Waals surface area contributed by atoms with Gasteiger partial charge >= 0.3 is 5.97 Å². The van der Waals surface area contributed by atoms with Gasteiger partial charge in [0.25, 0.3) is 5.91 Å². The van der Waals surface area contributed by atoms with Crippen molar-refractivity contribution < 1.29 is 18.7 Å². The summed E-state index contributed by atoms with van der Waals surface area (Å²) in [5.41, 5.74) is 1.11. The van der Waals surface area contributed by atoms with E-state index in [1.807, 2.05) is 6.07 Å². The Balaban J connectivity index is 1.65. The zero-order valence-electron chi connectivity index (χ0n) is 12.9. The van der Waals surface area contributed by atoms with E-state index in [1.165, 1.54) is 0 Å². The molecular formula is C17H18ClNO4. The Bertz CT molecular complexity index is 746. The predicted octanol–water partition coefficient (Wildman–Crippen LogP) is 3.61. The number of fused-ring (bicyclic) bond motifs is 1. The van der Waals surface area contributed by atoms with Gasteiger partial charge in [-0.05, 0) is 25.8 Å². The molecule has 1 saturated carbocycles. The molecule has 5 nitrogen and oxygen atoms in total. The molecule has 23 heavy (non-hydrogen) atoms. The molecule has 1 aromatic carbocycles. The normalized spacial score (nSPS) is 15.0. The largest absolute Gasteiger partial charge is 0.450 e. The van der Waals surface area contributed by atoms with Crippen molar-refractivity contribution in [3.05, 3.63) is 34.5 Å². The zero-order valence-corrected chi connectivity index (χ0v) is 13.6. The van der Waals surface area contributed by atoms with Crippen LogP contribution >= 0.6 is 11.6 Å². The smallest absolute Gasteiger partial charge is 0.375 e. The fourth-order valence-electron chi connectivity index (χ4n) is 2.94. The quantitative estimate of drug-likeness (QED) is 0.867. The van der Waals surface area contributed by atoms with E-state index in [2.05, 4.69) is 5.32 Å². The Morgan fingerprint density at radius 2 is 2.09 bits per heavy atom. The number of furan rings is 1. The summed E-state index contributed by atoms with van der Waals surface area (Å²) in [6.07, 6.45) is 4.23. The van der Waals surface area contributed by atoms with E-state index in [9.17, 15) is 9.59 Å². The molecule has 0 spiro atoms. The van der Waals surface area contributed by atoms with Crippen LogP contribution in [0.1, 0.15) is 41.8 Å². The molecule has 1 aromatic heterocycles. The van der Waals surface area contributed by atoms with Crippen LogP contribution in [0.2, 0.25) is 5.02 Å². The predicted molar refractivity (Wildman–Crippen MR) is 86.6 cm³/mol. The van der Waals surface area contributed by atoms with Crippen LogP contribution in [-0.2, 0) is 9.53 Å². The standard InChI is InChI=1S/C17H18ClNO4/c1-10-12-7-4-8-13(18)16(12)23-15(10)17(21)22-9-14(20)19-11-5-2-3-6-11/h4,7-8,11H,2-3,5-6,9H2,1H3,(H,19,20). The van der Waals surface area contributed by atoms with E-state index in [4.69, 9.17) is 20.8 Å². The third kappa shape index (κ3) is 3.34. The highest BCUT2D eigenvalue weighted by atomic mass is 35.5. The summed E-state index contributed by atoms with van der Waals surface area (Å²) in [6.45, 7) is 1.46. The number of halogens is 1. The first kappa shape index (κ1) is 15.9. The van der Waals surface area contributed by atoms with Crippen molar-refractivity contribution in [2.24, 2.45) is 0 Å². The maximum atomic E-state index is 12.1. The van der Waals surface area contributed by atoms with Crippen molar-refractivity contribution in [1.29, 1.82) is 0 Å². The highest BCUT2D eigenvalue weighted by molar-refractivity contribution is 6.35. The van der Waals surface area contributed by atoms with Crippen molar-refractivity contribution in [3.63, 3.8) is 0 Å². The minimum atomic E-state index is -0.656. The number of para-hydroxylation sites is 1. The number of hydrogen-bond acceptors (Lipinski definition) is 4. The van der Waals surface area contributed by atoms with E-state index >= 15 is 0 Å². The number of aryl methyl sites for hydroxylation is 1. The first-order valence-corrected chi connectivity index (χ1v) is 8.08. The Hall–Kier alpha value is -2.01. The topological polar surface area (TPSA) is 68.5 Å².